The van der Waals surface area contributed by atoms with Crippen LogP contribution in [0, 0.1) is 30.9 Å². The fourth-order valence-corrected chi connectivity index (χ4v) is 4.34. The van der Waals surface area contributed by atoms with Crippen molar-refractivity contribution < 1.29 is 9.66 Å². The summed E-state index contributed by atoms with van der Waals surface area (Å²) < 4.78 is 10.5. The van der Waals surface area contributed by atoms with Crippen LogP contribution in [0.1, 0.15) is 28.3 Å². The van der Waals surface area contributed by atoms with E-state index >= 15 is 0 Å². The van der Waals surface area contributed by atoms with Crippen molar-refractivity contribution in [2.24, 2.45) is 5.10 Å². The maximum absolute atomic E-state index is 11.2. The van der Waals surface area contributed by atoms with Gasteiger partial charge in [-0.05, 0) is 50.6 Å². The zero-order valence-electron chi connectivity index (χ0n) is 19.1. The Bertz CT molecular complexity index is 1340. The number of rotatable bonds is 9. The molecule has 0 aliphatic rings. The Morgan fingerprint density at radius 1 is 1.26 bits per heavy atom. The molecule has 4 rings (SSSR count). The van der Waals surface area contributed by atoms with E-state index in [1.807, 2.05) is 35.1 Å². The van der Waals surface area contributed by atoms with E-state index in [4.69, 9.17) is 4.74 Å². The van der Waals surface area contributed by atoms with E-state index in [9.17, 15) is 10.1 Å². The van der Waals surface area contributed by atoms with Gasteiger partial charge in [0.15, 0.2) is 5.82 Å². The maximum Gasteiger partial charge on any atom is 0.312 e. The lowest BCUT2D eigenvalue weighted by Crippen LogP contribution is -2.04. The van der Waals surface area contributed by atoms with E-state index in [1.165, 1.54) is 11.8 Å². The topological polar surface area (TPSA) is 131 Å². The van der Waals surface area contributed by atoms with Crippen molar-refractivity contribution in [3.05, 3.63) is 75.1 Å². The first-order valence-corrected chi connectivity index (χ1v) is 11.3. The van der Waals surface area contributed by atoms with Crippen LogP contribution in [0.2, 0.25) is 0 Å². The molecule has 0 radical (unpaired) electrons. The summed E-state index contributed by atoms with van der Waals surface area (Å²) in [6.07, 6.45) is 5.35. The Kier molecular flexibility index (Phi) is 6.72. The van der Waals surface area contributed by atoms with Crippen LogP contribution in [-0.4, -0.2) is 52.7 Å². The minimum absolute atomic E-state index is 0.0293. The van der Waals surface area contributed by atoms with Crippen LogP contribution < -0.4 is 4.74 Å². The molecule has 0 atom stereocenters. The zero-order valence-corrected chi connectivity index (χ0v) is 19.9. The molecule has 4 aromatic rings. The number of aromatic nitrogens is 7. The van der Waals surface area contributed by atoms with E-state index in [0.29, 0.717) is 34.8 Å². The number of ether oxygens (including phenoxy) is 1. The van der Waals surface area contributed by atoms with Crippen molar-refractivity contribution in [3.8, 4) is 5.75 Å². The van der Waals surface area contributed by atoms with Crippen LogP contribution in [0.5, 0.6) is 5.75 Å². The largest absolute Gasteiger partial charge is 0.496 e. The predicted octanol–water partition coefficient (Wildman–Crippen LogP) is 3.19. The molecule has 3 heterocycles. The molecule has 0 spiro atoms. The number of methoxy groups -OCH3 is 1. The second-order valence-electron chi connectivity index (χ2n) is 7.41. The number of aryl methyl sites for hydroxylation is 2. The number of nitrogens with zero attached hydrogens (tertiary/aromatic N) is 9. The third-order valence-corrected chi connectivity index (χ3v) is 6.01. The van der Waals surface area contributed by atoms with E-state index < -0.39 is 4.92 Å². The molecule has 0 saturated heterocycles. The van der Waals surface area contributed by atoms with Gasteiger partial charge in [0.25, 0.3) is 0 Å². The van der Waals surface area contributed by atoms with E-state index in [2.05, 4.69) is 25.5 Å². The van der Waals surface area contributed by atoms with Crippen LogP contribution >= 0.6 is 11.8 Å². The normalized spacial score (nSPS) is 11.4. The summed E-state index contributed by atoms with van der Waals surface area (Å²) in [5, 5.41) is 33.2. The molecule has 12 nitrogen and oxygen atoms in total. The molecule has 176 valence electrons. The molecule has 0 amide bonds. The van der Waals surface area contributed by atoms with Crippen molar-refractivity contribution in [1.29, 1.82) is 0 Å². The van der Waals surface area contributed by atoms with Crippen LogP contribution in [0.4, 0.5) is 5.69 Å². The van der Waals surface area contributed by atoms with Gasteiger partial charge in [0.1, 0.15) is 17.1 Å². The number of hydrogen-bond acceptors (Lipinski definition) is 9. The van der Waals surface area contributed by atoms with Gasteiger partial charge in [-0.2, -0.15) is 20.0 Å². The summed E-state index contributed by atoms with van der Waals surface area (Å²) >= 11 is 1.34. The van der Waals surface area contributed by atoms with Crippen molar-refractivity contribution in [1.82, 2.24) is 34.4 Å². The Hall–Kier alpha value is -4.00. The van der Waals surface area contributed by atoms with Crippen LogP contribution in [-0.2, 0) is 12.4 Å². The molecule has 0 unspecified atom stereocenters. The van der Waals surface area contributed by atoms with Crippen molar-refractivity contribution in [2.75, 3.05) is 7.11 Å². The number of nitro groups is 1. The first kappa shape index (κ1) is 23.2. The summed E-state index contributed by atoms with van der Waals surface area (Å²) in [6, 6.07) is 7.67. The fraction of sp³-hybridized carbons (Fsp3) is 0.286. The third kappa shape index (κ3) is 4.83. The summed E-state index contributed by atoms with van der Waals surface area (Å²) in [6.45, 7) is 5.68. The minimum Gasteiger partial charge on any atom is -0.496 e. The summed E-state index contributed by atoms with van der Waals surface area (Å²) in [5.41, 5.74) is 2.74. The van der Waals surface area contributed by atoms with Gasteiger partial charge in [-0.15, -0.1) is 10.2 Å². The molecule has 1 aromatic carbocycles. The standard InChI is InChI=1S/C21H23N9O3S/c1-14-20(30(31)32)15(2)28(26-14)13-34-21-25-24-16(3)29(21)23-11-17-6-7-19(33-4)18(10-17)12-27-9-5-8-22-27/h5-11H,12-13H2,1-4H3/b23-11+. The number of benzene rings is 1. The zero-order chi connectivity index (χ0) is 24.2. The highest BCUT2D eigenvalue weighted by Crippen LogP contribution is 2.26. The smallest absolute Gasteiger partial charge is 0.312 e. The van der Waals surface area contributed by atoms with Gasteiger partial charge in [-0.25, -0.2) is 0 Å². The quantitative estimate of drug-likeness (QED) is 0.154. The van der Waals surface area contributed by atoms with Crippen molar-refractivity contribution >= 4 is 23.7 Å². The highest BCUT2D eigenvalue weighted by molar-refractivity contribution is 7.98. The molecule has 0 bridgehead atoms. The first-order chi connectivity index (χ1) is 16.4. The van der Waals surface area contributed by atoms with Gasteiger partial charge in [0.05, 0.1) is 30.7 Å². The SMILES string of the molecule is COc1ccc(/C=N/n2c(C)nnc2SCn2nc(C)c([N+](=O)[O-])c2C)cc1Cn1cccn1. The average Bonchev–Trinajstić information content (AvgIpc) is 3.51. The van der Waals surface area contributed by atoms with Crippen molar-refractivity contribution in [2.45, 2.75) is 38.3 Å². The lowest BCUT2D eigenvalue weighted by Gasteiger charge is -2.10. The molecule has 0 fully saturated rings. The summed E-state index contributed by atoms with van der Waals surface area (Å²) in [4.78, 5) is 10.8. The number of hydrogen-bond donors (Lipinski definition) is 0. The molecule has 0 N–H and O–H groups in total. The van der Waals surface area contributed by atoms with Crippen LogP contribution in [0.25, 0.3) is 0 Å². The Balaban J connectivity index is 1.53. The van der Waals surface area contributed by atoms with Crippen LogP contribution in [0.15, 0.2) is 46.9 Å². The van der Waals surface area contributed by atoms with Gasteiger partial charge >= 0.3 is 5.69 Å². The average molecular weight is 482 g/mol. The van der Waals surface area contributed by atoms with Crippen LogP contribution in [0.3, 0.4) is 0 Å². The summed E-state index contributed by atoms with van der Waals surface area (Å²) in [5.74, 6) is 1.72. The van der Waals surface area contributed by atoms with E-state index in [1.54, 1.807) is 49.7 Å². The van der Waals surface area contributed by atoms with Gasteiger partial charge in [-0.1, -0.05) is 11.8 Å². The highest BCUT2D eigenvalue weighted by Gasteiger charge is 2.22. The number of thioether (sulfide) groups is 1. The second-order valence-corrected chi connectivity index (χ2v) is 8.32. The first-order valence-electron chi connectivity index (χ1n) is 10.3. The lowest BCUT2D eigenvalue weighted by molar-refractivity contribution is -0.386. The van der Waals surface area contributed by atoms with Gasteiger partial charge in [-0.3, -0.25) is 19.5 Å². The Morgan fingerprint density at radius 3 is 2.76 bits per heavy atom. The lowest BCUT2D eigenvalue weighted by atomic mass is 10.1. The van der Waals surface area contributed by atoms with Gasteiger partial charge < -0.3 is 4.74 Å². The molecule has 13 heteroatoms. The second kappa shape index (κ2) is 9.87. The Labute approximate surface area is 199 Å². The highest BCUT2D eigenvalue weighted by atomic mass is 32.2. The van der Waals surface area contributed by atoms with Gasteiger partial charge in [0, 0.05) is 18.0 Å². The molecular formula is C21H23N9O3S. The molecule has 34 heavy (non-hydrogen) atoms. The maximum atomic E-state index is 11.2. The molecule has 0 aliphatic carbocycles. The predicted molar refractivity (Wildman–Crippen MR) is 126 cm³/mol. The summed E-state index contributed by atoms with van der Waals surface area (Å²) in [7, 11) is 1.64. The monoisotopic (exact) mass is 481 g/mol. The van der Waals surface area contributed by atoms with E-state index in [0.717, 1.165) is 16.9 Å². The third-order valence-electron chi connectivity index (χ3n) is 5.13. The Morgan fingerprint density at radius 2 is 2.09 bits per heavy atom. The molecule has 3 aromatic heterocycles. The minimum atomic E-state index is -0.411. The van der Waals surface area contributed by atoms with E-state index in [-0.39, 0.29) is 5.69 Å². The van der Waals surface area contributed by atoms with Gasteiger partial charge in [0.2, 0.25) is 5.16 Å². The van der Waals surface area contributed by atoms with Crippen molar-refractivity contribution in [3.63, 3.8) is 0 Å². The molecule has 0 saturated carbocycles. The molecule has 0 aliphatic heterocycles. The fourth-order valence-electron chi connectivity index (χ4n) is 3.45. The molecular weight excluding hydrogens is 458 g/mol.